The van der Waals surface area contributed by atoms with Crippen LogP contribution >= 0.6 is 0 Å². The molecule has 0 aliphatic rings. The van der Waals surface area contributed by atoms with Gasteiger partial charge < -0.3 is 14.3 Å². The Balaban J connectivity index is 1.46. The van der Waals surface area contributed by atoms with Crippen LogP contribution in [0.5, 0.6) is 0 Å². The van der Waals surface area contributed by atoms with Crippen LogP contribution in [0.2, 0.25) is 0 Å². The highest BCUT2D eigenvalue weighted by molar-refractivity contribution is 7.90. The van der Waals surface area contributed by atoms with Crippen molar-refractivity contribution in [2.75, 3.05) is 0 Å². The standard InChI is InChI=1S/C24H24N4O4S/c1-16-4-10-21(11-5-16)33(30,31)14-22-17(2)32-24(27-22)19-8-6-18(7-9-19)23(29)26-13-20-12-25-15-28(20)3/h4-12,15H,13-14H2,1-3H3,(H,26,29). The first-order valence-electron chi connectivity index (χ1n) is 10.3. The Morgan fingerprint density at radius 1 is 1.06 bits per heavy atom. The maximum absolute atomic E-state index is 12.8. The van der Waals surface area contributed by atoms with Crippen molar-refractivity contribution in [1.29, 1.82) is 0 Å². The summed E-state index contributed by atoms with van der Waals surface area (Å²) in [5.41, 5.74) is 3.39. The fraction of sp³-hybridized carbons (Fsp3) is 0.208. The molecule has 2 aromatic heterocycles. The number of benzene rings is 2. The topological polar surface area (TPSA) is 107 Å². The quantitative estimate of drug-likeness (QED) is 0.448. The van der Waals surface area contributed by atoms with Gasteiger partial charge in [0.1, 0.15) is 11.5 Å². The highest BCUT2D eigenvalue weighted by Crippen LogP contribution is 2.25. The lowest BCUT2D eigenvalue weighted by atomic mass is 10.1. The molecule has 0 saturated carbocycles. The normalized spacial score (nSPS) is 11.5. The highest BCUT2D eigenvalue weighted by atomic mass is 32.2. The van der Waals surface area contributed by atoms with Gasteiger partial charge in [-0.3, -0.25) is 4.79 Å². The van der Waals surface area contributed by atoms with Crippen molar-refractivity contribution in [3.8, 4) is 11.5 Å². The van der Waals surface area contributed by atoms with Gasteiger partial charge in [-0.2, -0.15) is 0 Å². The van der Waals surface area contributed by atoms with Gasteiger partial charge in [0.05, 0.1) is 29.2 Å². The average molecular weight is 465 g/mol. The number of imidazole rings is 1. The summed E-state index contributed by atoms with van der Waals surface area (Å²) in [4.78, 5) is 21.1. The van der Waals surface area contributed by atoms with E-state index in [1.807, 2.05) is 18.5 Å². The van der Waals surface area contributed by atoms with E-state index in [1.165, 1.54) is 0 Å². The van der Waals surface area contributed by atoms with Crippen LogP contribution in [0.4, 0.5) is 0 Å². The molecule has 4 aromatic rings. The van der Waals surface area contributed by atoms with Crippen molar-refractivity contribution in [1.82, 2.24) is 19.9 Å². The first-order chi connectivity index (χ1) is 15.7. The number of nitrogens with zero attached hydrogens (tertiary/aromatic N) is 3. The van der Waals surface area contributed by atoms with Gasteiger partial charge in [0.25, 0.3) is 5.91 Å². The largest absolute Gasteiger partial charge is 0.441 e. The van der Waals surface area contributed by atoms with Crippen molar-refractivity contribution in [2.24, 2.45) is 7.05 Å². The number of hydrogen-bond acceptors (Lipinski definition) is 6. The molecular formula is C24H24N4O4S. The Hall–Kier alpha value is -3.72. The Morgan fingerprint density at radius 2 is 1.76 bits per heavy atom. The van der Waals surface area contributed by atoms with Gasteiger partial charge in [-0.15, -0.1) is 0 Å². The molecular weight excluding hydrogens is 440 g/mol. The lowest BCUT2D eigenvalue weighted by Gasteiger charge is -2.06. The van der Waals surface area contributed by atoms with Gasteiger partial charge in [-0.25, -0.2) is 18.4 Å². The van der Waals surface area contributed by atoms with Crippen LogP contribution in [0.3, 0.4) is 0 Å². The van der Waals surface area contributed by atoms with E-state index < -0.39 is 9.84 Å². The van der Waals surface area contributed by atoms with Gasteiger partial charge in [0.2, 0.25) is 5.89 Å². The summed E-state index contributed by atoms with van der Waals surface area (Å²) in [6, 6.07) is 13.5. The minimum absolute atomic E-state index is 0.212. The predicted molar refractivity (Wildman–Crippen MR) is 123 cm³/mol. The van der Waals surface area contributed by atoms with Crippen molar-refractivity contribution in [2.45, 2.75) is 31.0 Å². The molecule has 0 aliphatic carbocycles. The molecule has 0 atom stereocenters. The minimum Gasteiger partial charge on any atom is -0.441 e. The van der Waals surface area contributed by atoms with E-state index in [9.17, 15) is 13.2 Å². The highest BCUT2D eigenvalue weighted by Gasteiger charge is 2.21. The molecule has 0 fully saturated rings. The molecule has 9 heteroatoms. The predicted octanol–water partition coefficient (Wildman–Crippen LogP) is 3.60. The Morgan fingerprint density at radius 3 is 2.39 bits per heavy atom. The molecule has 2 heterocycles. The van der Waals surface area contributed by atoms with E-state index in [4.69, 9.17) is 4.42 Å². The first kappa shape index (κ1) is 22.5. The second kappa shape index (κ2) is 9.03. The molecule has 0 saturated heterocycles. The van der Waals surface area contributed by atoms with Crippen LogP contribution < -0.4 is 5.32 Å². The third kappa shape index (κ3) is 5.04. The van der Waals surface area contributed by atoms with Crippen molar-refractivity contribution in [3.05, 3.63) is 89.3 Å². The maximum Gasteiger partial charge on any atom is 0.251 e. The Bertz CT molecular complexity index is 1390. The zero-order valence-corrected chi connectivity index (χ0v) is 19.4. The fourth-order valence-corrected chi connectivity index (χ4v) is 4.63. The maximum atomic E-state index is 12.8. The number of rotatable bonds is 7. The van der Waals surface area contributed by atoms with E-state index in [0.717, 1.165) is 11.3 Å². The molecule has 33 heavy (non-hydrogen) atoms. The second-order valence-corrected chi connectivity index (χ2v) is 9.84. The fourth-order valence-electron chi connectivity index (χ4n) is 3.29. The van der Waals surface area contributed by atoms with Gasteiger partial charge in [-0.05, 0) is 50.2 Å². The molecule has 170 valence electrons. The third-order valence-electron chi connectivity index (χ3n) is 5.34. The molecule has 0 bridgehead atoms. The summed E-state index contributed by atoms with van der Waals surface area (Å²) < 4.78 is 33.1. The van der Waals surface area contributed by atoms with E-state index >= 15 is 0 Å². The molecule has 0 radical (unpaired) electrons. The number of carbonyl (C=O) groups excluding carboxylic acids is 1. The van der Waals surface area contributed by atoms with Crippen LogP contribution in [0, 0.1) is 13.8 Å². The Labute approximate surface area is 192 Å². The zero-order chi connectivity index (χ0) is 23.6. The van der Waals surface area contributed by atoms with Gasteiger partial charge >= 0.3 is 0 Å². The number of nitrogens with one attached hydrogen (secondary N) is 1. The van der Waals surface area contributed by atoms with Crippen molar-refractivity contribution >= 4 is 15.7 Å². The van der Waals surface area contributed by atoms with Crippen LogP contribution in [0.15, 0.2) is 70.4 Å². The average Bonchev–Trinajstić information content (AvgIpc) is 3.37. The van der Waals surface area contributed by atoms with Gasteiger partial charge in [-0.1, -0.05) is 17.7 Å². The lowest BCUT2D eigenvalue weighted by Crippen LogP contribution is -2.23. The number of hydrogen-bond donors (Lipinski definition) is 1. The molecule has 0 unspecified atom stereocenters. The summed E-state index contributed by atoms with van der Waals surface area (Å²) in [5, 5.41) is 2.85. The summed E-state index contributed by atoms with van der Waals surface area (Å²) in [6.45, 7) is 3.96. The van der Waals surface area contributed by atoms with Gasteiger partial charge in [0, 0.05) is 24.4 Å². The number of oxazole rings is 1. The molecule has 8 nitrogen and oxygen atoms in total. The smallest absolute Gasteiger partial charge is 0.251 e. The summed E-state index contributed by atoms with van der Waals surface area (Å²) in [5.74, 6) is 0.290. The summed E-state index contributed by atoms with van der Waals surface area (Å²) in [7, 11) is -1.69. The monoisotopic (exact) mass is 464 g/mol. The van der Waals surface area contributed by atoms with Crippen LogP contribution in [0.1, 0.15) is 33.1 Å². The number of carbonyl (C=O) groups is 1. The van der Waals surface area contributed by atoms with E-state index in [2.05, 4.69) is 15.3 Å². The second-order valence-electron chi connectivity index (χ2n) is 7.85. The third-order valence-corrected chi connectivity index (χ3v) is 6.98. The number of aromatic nitrogens is 3. The van der Waals surface area contributed by atoms with E-state index in [1.54, 1.807) is 68.0 Å². The molecule has 1 amide bonds. The van der Waals surface area contributed by atoms with Crippen LogP contribution in [-0.4, -0.2) is 28.9 Å². The number of amides is 1. The van der Waals surface area contributed by atoms with E-state index in [0.29, 0.717) is 35.0 Å². The van der Waals surface area contributed by atoms with Crippen molar-refractivity contribution in [3.63, 3.8) is 0 Å². The number of aryl methyl sites for hydroxylation is 3. The SMILES string of the molecule is Cc1ccc(S(=O)(=O)Cc2nc(-c3ccc(C(=O)NCc4cncn4C)cc3)oc2C)cc1. The van der Waals surface area contributed by atoms with E-state index in [-0.39, 0.29) is 16.6 Å². The van der Waals surface area contributed by atoms with Gasteiger partial charge in [0.15, 0.2) is 9.84 Å². The van der Waals surface area contributed by atoms with Crippen molar-refractivity contribution < 1.29 is 17.6 Å². The zero-order valence-electron chi connectivity index (χ0n) is 18.6. The first-order valence-corrected chi connectivity index (χ1v) is 12.0. The molecule has 0 aliphatic heterocycles. The molecule has 0 spiro atoms. The lowest BCUT2D eigenvalue weighted by molar-refractivity contribution is 0.0950. The summed E-state index contributed by atoms with van der Waals surface area (Å²) >= 11 is 0. The van der Waals surface area contributed by atoms with Crippen LogP contribution in [0.25, 0.3) is 11.5 Å². The molecule has 2 aromatic carbocycles. The number of sulfone groups is 1. The minimum atomic E-state index is -3.55. The molecule has 4 rings (SSSR count). The molecule has 1 N–H and O–H groups in total. The van der Waals surface area contributed by atoms with Crippen LogP contribution in [-0.2, 0) is 29.2 Å². The summed E-state index contributed by atoms with van der Waals surface area (Å²) in [6.07, 6.45) is 3.37. The Kier molecular flexibility index (Phi) is 6.15.